The van der Waals surface area contributed by atoms with Crippen molar-refractivity contribution in [3.05, 3.63) is 58.1 Å². The number of nitrogens with zero attached hydrogens (tertiary/aromatic N) is 2. The minimum absolute atomic E-state index is 0.0318. The number of rotatable bonds is 11. The lowest BCUT2D eigenvalue weighted by Gasteiger charge is -2.28. The number of aliphatic hydroxyl groups is 1. The third kappa shape index (κ3) is 5.44. The lowest BCUT2D eigenvalue weighted by molar-refractivity contribution is -0.140. The summed E-state index contributed by atoms with van der Waals surface area (Å²) in [7, 11) is 4.53. The van der Waals surface area contributed by atoms with Gasteiger partial charge in [0, 0.05) is 17.7 Å². The molecule has 1 aliphatic heterocycles. The summed E-state index contributed by atoms with van der Waals surface area (Å²) < 4.78 is 16.2. The zero-order chi connectivity index (χ0) is 26.4. The zero-order valence-corrected chi connectivity index (χ0v) is 22.1. The number of carbonyl (C=O) groups is 2. The molecule has 2 aromatic rings. The molecule has 0 aliphatic carbocycles. The summed E-state index contributed by atoms with van der Waals surface area (Å²) in [6, 6.07) is 9.00. The van der Waals surface area contributed by atoms with E-state index in [4.69, 9.17) is 25.8 Å². The summed E-state index contributed by atoms with van der Waals surface area (Å²) in [5, 5.41) is 11.6. The maximum atomic E-state index is 13.3. The molecule has 0 saturated carbocycles. The normalized spacial score (nSPS) is 17.1. The first-order valence-electron chi connectivity index (χ1n) is 11.9. The van der Waals surface area contributed by atoms with E-state index >= 15 is 0 Å². The van der Waals surface area contributed by atoms with Crippen LogP contribution < -0.4 is 14.2 Å². The Morgan fingerprint density at radius 3 is 2.25 bits per heavy atom. The molecule has 194 valence electrons. The second kappa shape index (κ2) is 12.1. The maximum absolute atomic E-state index is 13.3. The van der Waals surface area contributed by atoms with E-state index in [-0.39, 0.29) is 16.4 Å². The van der Waals surface area contributed by atoms with Gasteiger partial charge in [-0.1, -0.05) is 25.4 Å². The average Bonchev–Trinajstić information content (AvgIpc) is 3.15. The number of likely N-dealkylation sites (tertiary alicyclic amines) is 1. The van der Waals surface area contributed by atoms with E-state index in [1.165, 1.54) is 32.3 Å². The molecule has 1 saturated heterocycles. The number of Topliss-reactive ketones (excluding diaryl/α,β-unsaturated/α-hetero) is 1. The summed E-state index contributed by atoms with van der Waals surface area (Å²) in [5.74, 6) is -0.333. The van der Waals surface area contributed by atoms with E-state index in [0.29, 0.717) is 41.3 Å². The smallest absolute Gasteiger partial charge is 0.295 e. The summed E-state index contributed by atoms with van der Waals surface area (Å²) in [6.45, 7) is 7.04. The van der Waals surface area contributed by atoms with Gasteiger partial charge in [0.05, 0.1) is 38.0 Å². The molecule has 3 rings (SSSR count). The lowest BCUT2D eigenvalue weighted by Crippen LogP contribution is -2.33. The first-order chi connectivity index (χ1) is 17.3. The number of methoxy groups -OCH3 is 3. The van der Waals surface area contributed by atoms with E-state index < -0.39 is 17.7 Å². The van der Waals surface area contributed by atoms with E-state index in [1.54, 1.807) is 30.3 Å². The third-order valence-electron chi connectivity index (χ3n) is 6.46. The molecule has 0 unspecified atom stereocenters. The molecule has 0 bridgehead atoms. The highest BCUT2D eigenvalue weighted by Gasteiger charge is 2.47. The molecule has 0 radical (unpaired) electrons. The number of ether oxygens (including phenoxy) is 3. The predicted octanol–water partition coefficient (Wildman–Crippen LogP) is 4.52. The molecule has 1 N–H and O–H groups in total. The largest absolute Gasteiger partial charge is 0.507 e. The van der Waals surface area contributed by atoms with Gasteiger partial charge >= 0.3 is 0 Å². The second-order valence-corrected chi connectivity index (χ2v) is 8.74. The van der Waals surface area contributed by atoms with Crippen LogP contribution in [-0.4, -0.2) is 74.1 Å². The van der Waals surface area contributed by atoms with Gasteiger partial charge in [-0.2, -0.15) is 0 Å². The predicted molar refractivity (Wildman–Crippen MR) is 139 cm³/mol. The van der Waals surface area contributed by atoms with Gasteiger partial charge in [-0.05, 0) is 62.5 Å². The van der Waals surface area contributed by atoms with Crippen molar-refractivity contribution in [2.75, 3.05) is 47.5 Å². The zero-order valence-electron chi connectivity index (χ0n) is 21.3. The number of benzene rings is 2. The summed E-state index contributed by atoms with van der Waals surface area (Å²) in [4.78, 5) is 30.4. The molecule has 1 atom stereocenters. The Hall–Kier alpha value is -3.23. The van der Waals surface area contributed by atoms with Crippen LogP contribution in [-0.2, 0) is 9.59 Å². The summed E-state index contributed by atoms with van der Waals surface area (Å²) in [6.07, 6.45) is 0.659. The van der Waals surface area contributed by atoms with Crippen LogP contribution in [0.5, 0.6) is 17.2 Å². The van der Waals surface area contributed by atoms with Crippen LogP contribution in [0.15, 0.2) is 42.0 Å². The molecule has 8 nitrogen and oxygen atoms in total. The van der Waals surface area contributed by atoms with Gasteiger partial charge in [0.1, 0.15) is 23.0 Å². The Kier molecular flexibility index (Phi) is 9.23. The molecule has 1 amide bonds. The average molecular weight is 517 g/mol. The Morgan fingerprint density at radius 1 is 1.00 bits per heavy atom. The minimum Gasteiger partial charge on any atom is -0.507 e. The Morgan fingerprint density at radius 2 is 1.67 bits per heavy atom. The molecule has 1 aliphatic rings. The Balaban J connectivity index is 2.15. The quantitative estimate of drug-likeness (QED) is 0.267. The van der Waals surface area contributed by atoms with Gasteiger partial charge < -0.3 is 29.1 Å². The third-order valence-corrected chi connectivity index (χ3v) is 6.76. The summed E-state index contributed by atoms with van der Waals surface area (Å²) in [5.41, 5.74) is 0.810. The van der Waals surface area contributed by atoms with Crippen molar-refractivity contribution in [3.8, 4) is 17.2 Å². The van der Waals surface area contributed by atoms with Crippen molar-refractivity contribution in [1.29, 1.82) is 0 Å². The number of aliphatic hydroxyl groups excluding tert-OH is 1. The van der Waals surface area contributed by atoms with Crippen molar-refractivity contribution < 1.29 is 28.9 Å². The van der Waals surface area contributed by atoms with Crippen molar-refractivity contribution in [1.82, 2.24) is 9.80 Å². The van der Waals surface area contributed by atoms with Gasteiger partial charge in [-0.25, -0.2) is 0 Å². The topological polar surface area (TPSA) is 88.5 Å². The highest BCUT2D eigenvalue weighted by atomic mass is 35.5. The fourth-order valence-corrected chi connectivity index (χ4v) is 4.72. The van der Waals surface area contributed by atoms with Gasteiger partial charge in [-0.15, -0.1) is 0 Å². The molecule has 36 heavy (non-hydrogen) atoms. The van der Waals surface area contributed by atoms with Gasteiger partial charge in [-0.3, -0.25) is 9.59 Å². The number of amides is 1. The van der Waals surface area contributed by atoms with Crippen LogP contribution in [0.1, 0.15) is 37.4 Å². The van der Waals surface area contributed by atoms with Crippen molar-refractivity contribution in [3.63, 3.8) is 0 Å². The molecular weight excluding hydrogens is 484 g/mol. The highest BCUT2D eigenvalue weighted by Crippen LogP contribution is 2.44. The number of hydrogen-bond donors (Lipinski definition) is 1. The minimum atomic E-state index is -0.868. The standard InChI is InChI=1S/C27H33ClN2O6/c1-6-29(7-2)13-8-14-30-24(19-16-18(34-3)10-12-21(19)35-4)23(26(32)27(30)33)25(31)17-9-11-22(36-5)20(28)15-17/h9-12,15-16,24,31H,6-8,13-14H2,1-5H3/t24-/m1/s1. The summed E-state index contributed by atoms with van der Waals surface area (Å²) >= 11 is 6.28. The first kappa shape index (κ1) is 27.4. The van der Waals surface area contributed by atoms with Crippen LogP contribution in [0, 0.1) is 0 Å². The van der Waals surface area contributed by atoms with Crippen LogP contribution in [0.3, 0.4) is 0 Å². The molecule has 0 aromatic heterocycles. The van der Waals surface area contributed by atoms with Crippen LogP contribution in [0.2, 0.25) is 5.02 Å². The SMILES string of the molecule is CCN(CC)CCCN1C(=O)C(=O)C(=C(O)c2ccc(OC)c(Cl)c2)[C@H]1c1cc(OC)ccc1OC. The number of hydrogen-bond acceptors (Lipinski definition) is 7. The van der Waals surface area contributed by atoms with Crippen LogP contribution >= 0.6 is 11.6 Å². The van der Waals surface area contributed by atoms with Gasteiger partial charge in [0.2, 0.25) is 0 Å². The first-order valence-corrected chi connectivity index (χ1v) is 12.3. The second-order valence-electron chi connectivity index (χ2n) is 8.33. The fourth-order valence-electron chi connectivity index (χ4n) is 4.46. The molecule has 1 fully saturated rings. The monoisotopic (exact) mass is 516 g/mol. The van der Waals surface area contributed by atoms with E-state index in [1.807, 2.05) is 0 Å². The molecular formula is C27H33ClN2O6. The maximum Gasteiger partial charge on any atom is 0.295 e. The van der Waals surface area contributed by atoms with Gasteiger partial charge in [0.25, 0.3) is 11.7 Å². The Bertz CT molecular complexity index is 1150. The number of halogens is 1. The van der Waals surface area contributed by atoms with E-state index in [2.05, 4.69) is 18.7 Å². The fraction of sp³-hybridized carbons (Fsp3) is 0.407. The lowest BCUT2D eigenvalue weighted by atomic mass is 9.94. The molecule has 9 heteroatoms. The van der Waals surface area contributed by atoms with Crippen molar-refractivity contribution in [2.45, 2.75) is 26.3 Å². The molecule has 0 spiro atoms. The van der Waals surface area contributed by atoms with Crippen LogP contribution in [0.25, 0.3) is 5.76 Å². The number of carbonyl (C=O) groups excluding carboxylic acids is 2. The number of ketones is 1. The van der Waals surface area contributed by atoms with Crippen LogP contribution in [0.4, 0.5) is 0 Å². The molecule has 1 heterocycles. The van der Waals surface area contributed by atoms with Crippen molar-refractivity contribution in [2.24, 2.45) is 0 Å². The molecule has 2 aromatic carbocycles. The van der Waals surface area contributed by atoms with E-state index in [9.17, 15) is 14.7 Å². The van der Waals surface area contributed by atoms with Crippen molar-refractivity contribution >= 4 is 29.1 Å². The Labute approximate surface area is 217 Å². The van der Waals surface area contributed by atoms with E-state index in [0.717, 1.165) is 19.6 Å². The van der Waals surface area contributed by atoms with Gasteiger partial charge in [0.15, 0.2) is 0 Å². The highest BCUT2D eigenvalue weighted by molar-refractivity contribution is 6.46.